The van der Waals surface area contributed by atoms with Gasteiger partial charge in [0, 0.05) is 26.2 Å². The van der Waals surface area contributed by atoms with E-state index < -0.39 is 6.03 Å². The van der Waals surface area contributed by atoms with E-state index in [2.05, 4.69) is 5.32 Å². The molecule has 1 aliphatic heterocycles. The molecule has 1 saturated heterocycles. The Morgan fingerprint density at radius 3 is 2.43 bits per heavy atom. The number of hydrogen-bond donors (Lipinski definition) is 2. The first-order valence-electron chi connectivity index (χ1n) is 7.34. The van der Waals surface area contributed by atoms with Crippen molar-refractivity contribution in [1.29, 1.82) is 0 Å². The van der Waals surface area contributed by atoms with Crippen molar-refractivity contribution in [3.8, 4) is 0 Å². The smallest absolute Gasteiger partial charge is 0.312 e. The van der Waals surface area contributed by atoms with Gasteiger partial charge in [0.15, 0.2) is 0 Å². The number of nitrogens with zero attached hydrogens (tertiary/aromatic N) is 2. The average molecular weight is 339 g/mol. The molecular formula is C15H19ClN4O3. The van der Waals surface area contributed by atoms with E-state index in [0.717, 1.165) is 0 Å². The highest BCUT2D eigenvalue weighted by atomic mass is 35.5. The molecule has 0 unspecified atom stereocenters. The highest BCUT2D eigenvalue weighted by molar-refractivity contribution is 6.33. The summed E-state index contributed by atoms with van der Waals surface area (Å²) < 4.78 is 0. The minimum Gasteiger partial charge on any atom is -0.352 e. The molecule has 2 rings (SSSR count). The van der Waals surface area contributed by atoms with Crippen LogP contribution in [0.5, 0.6) is 0 Å². The van der Waals surface area contributed by atoms with Crippen LogP contribution in [0.4, 0.5) is 4.79 Å². The van der Waals surface area contributed by atoms with E-state index in [1.54, 1.807) is 34.1 Å². The Morgan fingerprint density at radius 1 is 1.09 bits per heavy atom. The van der Waals surface area contributed by atoms with Crippen molar-refractivity contribution in [3.05, 3.63) is 34.9 Å². The van der Waals surface area contributed by atoms with Crippen LogP contribution in [0.15, 0.2) is 24.3 Å². The number of rotatable bonds is 3. The monoisotopic (exact) mass is 338 g/mol. The molecule has 0 aromatic heterocycles. The molecule has 0 radical (unpaired) electrons. The summed E-state index contributed by atoms with van der Waals surface area (Å²) in [6.07, 6.45) is 0.665. The van der Waals surface area contributed by atoms with Gasteiger partial charge < -0.3 is 20.9 Å². The largest absolute Gasteiger partial charge is 0.352 e. The van der Waals surface area contributed by atoms with E-state index in [1.165, 1.54) is 0 Å². The summed E-state index contributed by atoms with van der Waals surface area (Å²) >= 11 is 6.07. The highest BCUT2D eigenvalue weighted by Crippen LogP contribution is 2.18. The van der Waals surface area contributed by atoms with Crippen LogP contribution in [0, 0.1) is 0 Å². The third-order valence-electron chi connectivity index (χ3n) is 3.65. The number of halogens is 1. The Kier molecular flexibility index (Phi) is 5.81. The molecular weight excluding hydrogens is 320 g/mol. The van der Waals surface area contributed by atoms with Crippen molar-refractivity contribution >= 4 is 29.4 Å². The SMILES string of the molecule is NC(=O)NCC(=O)N1CCCN(C(=O)c2ccccc2Cl)CC1. The molecule has 0 spiro atoms. The lowest BCUT2D eigenvalue weighted by Gasteiger charge is -2.22. The molecule has 124 valence electrons. The third-order valence-corrected chi connectivity index (χ3v) is 3.98. The van der Waals surface area contributed by atoms with Crippen molar-refractivity contribution in [2.24, 2.45) is 5.73 Å². The molecule has 7 nitrogen and oxygen atoms in total. The van der Waals surface area contributed by atoms with E-state index in [9.17, 15) is 14.4 Å². The second-order valence-corrected chi connectivity index (χ2v) is 5.63. The van der Waals surface area contributed by atoms with Crippen LogP contribution in [0.25, 0.3) is 0 Å². The molecule has 8 heteroatoms. The quantitative estimate of drug-likeness (QED) is 0.848. The van der Waals surface area contributed by atoms with Crippen LogP contribution in [0.3, 0.4) is 0 Å². The number of benzene rings is 1. The molecule has 0 atom stereocenters. The van der Waals surface area contributed by atoms with Gasteiger partial charge in [-0.25, -0.2) is 4.79 Å². The highest BCUT2D eigenvalue weighted by Gasteiger charge is 2.23. The van der Waals surface area contributed by atoms with E-state index in [0.29, 0.717) is 43.2 Å². The second kappa shape index (κ2) is 7.82. The summed E-state index contributed by atoms with van der Waals surface area (Å²) in [4.78, 5) is 38.5. The topological polar surface area (TPSA) is 95.7 Å². The summed E-state index contributed by atoms with van der Waals surface area (Å²) in [6, 6.07) is 6.17. The Morgan fingerprint density at radius 2 is 1.74 bits per heavy atom. The third kappa shape index (κ3) is 4.59. The van der Waals surface area contributed by atoms with Gasteiger partial charge in [-0.1, -0.05) is 23.7 Å². The second-order valence-electron chi connectivity index (χ2n) is 5.22. The first-order valence-corrected chi connectivity index (χ1v) is 7.71. The molecule has 1 fully saturated rings. The molecule has 0 saturated carbocycles. The molecule has 1 heterocycles. The van der Waals surface area contributed by atoms with Gasteiger partial charge in [-0.15, -0.1) is 0 Å². The zero-order valence-corrected chi connectivity index (χ0v) is 13.4. The molecule has 1 aromatic rings. The van der Waals surface area contributed by atoms with Gasteiger partial charge in [-0.2, -0.15) is 0 Å². The molecule has 4 amide bonds. The first kappa shape index (κ1) is 17.1. The average Bonchev–Trinajstić information content (AvgIpc) is 2.78. The number of hydrogen-bond acceptors (Lipinski definition) is 3. The van der Waals surface area contributed by atoms with Gasteiger partial charge in [-0.3, -0.25) is 9.59 Å². The minimum atomic E-state index is -0.733. The summed E-state index contributed by atoms with van der Waals surface area (Å²) in [5.41, 5.74) is 5.42. The maximum atomic E-state index is 12.5. The Bertz CT molecular complexity index is 608. The number of nitrogens with two attached hydrogens (primary N) is 1. The predicted molar refractivity (Wildman–Crippen MR) is 86.1 cm³/mol. The van der Waals surface area contributed by atoms with Crippen LogP contribution in [0.1, 0.15) is 16.8 Å². The number of nitrogens with one attached hydrogen (secondary N) is 1. The van der Waals surface area contributed by atoms with Gasteiger partial charge in [0.1, 0.15) is 0 Å². The zero-order chi connectivity index (χ0) is 16.8. The Hall–Kier alpha value is -2.28. The number of urea groups is 1. The predicted octanol–water partition coefficient (Wildman–Crippen LogP) is 0.683. The molecule has 0 bridgehead atoms. The van der Waals surface area contributed by atoms with Crippen molar-refractivity contribution in [3.63, 3.8) is 0 Å². The molecule has 1 aromatic carbocycles. The fourth-order valence-electron chi connectivity index (χ4n) is 2.45. The van der Waals surface area contributed by atoms with E-state index >= 15 is 0 Å². The van der Waals surface area contributed by atoms with Crippen molar-refractivity contribution in [2.75, 3.05) is 32.7 Å². The maximum absolute atomic E-state index is 12.5. The van der Waals surface area contributed by atoms with E-state index in [4.69, 9.17) is 17.3 Å². The Balaban J connectivity index is 1.96. The fraction of sp³-hybridized carbons (Fsp3) is 0.400. The number of primary amides is 1. The summed E-state index contributed by atoms with van der Waals surface area (Å²) in [7, 11) is 0. The standard InChI is InChI=1S/C15H19ClN4O3/c16-12-5-2-1-4-11(12)14(22)20-7-3-6-19(8-9-20)13(21)10-18-15(17)23/h1-2,4-5H,3,6-10H2,(H3,17,18,23). The van der Waals surface area contributed by atoms with Crippen LogP contribution < -0.4 is 11.1 Å². The van der Waals surface area contributed by atoms with Crippen LogP contribution >= 0.6 is 11.6 Å². The minimum absolute atomic E-state index is 0.131. The van der Waals surface area contributed by atoms with Gasteiger partial charge in [0.05, 0.1) is 17.1 Å². The molecule has 3 N–H and O–H groups in total. The van der Waals surface area contributed by atoms with Crippen LogP contribution in [-0.2, 0) is 4.79 Å². The van der Waals surface area contributed by atoms with Crippen LogP contribution in [0.2, 0.25) is 5.02 Å². The van der Waals surface area contributed by atoms with Crippen molar-refractivity contribution < 1.29 is 14.4 Å². The molecule has 1 aliphatic rings. The summed E-state index contributed by atoms with van der Waals surface area (Å²) in [5.74, 6) is -0.351. The van der Waals surface area contributed by atoms with Gasteiger partial charge in [0.25, 0.3) is 5.91 Å². The zero-order valence-electron chi connectivity index (χ0n) is 12.6. The van der Waals surface area contributed by atoms with Gasteiger partial charge in [-0.05, 0) is 18.6 Å². The normalized spacial score (nSPS) is 15.0. The first-order chi connectivity index (χ1) is 11.0. The number of carbonyl (C=O) groups is 3. The van der Waals surface area contributed by atoms with E-state index in [-0.39, 0.29) is 18.4 Å². The lowest BCUT2D eigenvalue weighted by molar-refractivity contribution is -0.129. The van der Waals surface area contributed by atoms with Crippen molar-refractivity contribution in [1.82, 2.24) is 15.1 Å². The molecule has 0 aliphatic carbocycles. The number of carbonyl (C=O) groups excluding carboxylic acids is 3. The maximum Gasteiger partial charge on any atom is 0.312 e. The summed E-state index contributed by atoms with van der Waals surface area (Å²) in [6.45, 7) is 1.79. The summed E-state index contributed by atoms with van der Waals surface area (Å²) in [5, 5.41) is 2.70. The van der Waals surface area contributed by atoms with Crippen LogP contribution in [-0.4, -0.2) is 60.4 Å². The lowest BCUT2D eigenvalue weighted by Crippen LogP contribution is -2.43. The van der Waals surface area contributed by atoms with Crippen molar-refractivity contribution in [2.45, 2.75) is 6.42 Å². The van der Waals surface area contributed by atoms with Gasteiger partial charge >= 0.3 is 6.03 Å². The molecule has 23 heavy (non-hydrogen) atoms. The fourth-order valence-corrected chi connectivity index (χ4v) is 2.67. The van der Waals surface area contributed by atoms with Gasteiger partial charge in [0.2, 0.25) is 5.91 Å². The Labute approximate surface area is 139 Å². The number of amides is 4. The van der Waals surface area contributed by atoms with E-state index in [1.807, 2.05) is 0 Å². The lowest BCUT2D eigenvalue weighted by atomic mass is 10.2.